The molecule has 0 aliphatic heterocycles. The molecule has 7 heteroatoms. The highest BCUT2D eigenvalue weighted by Crippen LogP contribution is 2.42. The molecule has 2 aromatic heterocycles. The standard InChI is InChI=1S/C14H9BrN2O3S/c1-7-6-8(17(19)20)2-3-9(7)13-12(15)11-10(21-13)4-5-16-14(11)18/h2-6H,1H3,(H,16,18). The van der Waals surface area contributed by atoms with E-state index in [0.717, 1.165) is 25.2 Å². The maximum absolute atomic E-state index is 11.9. The van der Waals surface area contributed by atoms with Crippen LogP contribution in [0.25, 0.3) is 20.5 Å². The number of nitrogens with zero attached hydrogens (tertiary/aromatic N) is 1. The van der Waals surface area contributed by atoms with Crippen LogP contribution in [0, 0.1) is 17.0 Å². The molecule has 2 heterocycles. The Morgan fingerprint density at radius 3 is 2.71 bits per heavy atom. The lowest BCUT2D eigenvalue weighted by Crippen LogP contribution is -2.02. The number of halogens is 1. The lowest BCUT2D eigenvalue weighted by molar-refractivity contribution is -0.384. The Bertz CT molecular complexity index is 930. The second-order valence-electron chi connectivity index (χ2n) is 4.55. The van der Waals surface area contributed by atoms with Gasteiger partial charge in [-0.05, 0) is 46.1 Å². The molecule has 106 valence electrons. The minimum absolute atomic E-state index is 0.0614. The predicted molar refractivity (Wildman–Crippen MR) is 87.0 cm³/mol. The van der Waals surface area contributed by atoms with Crippen LogP contribution in [0.2, 0.25) is 0 Å². The number of non-ortho nitro benzene ring substituents is 1. The fraction of sp³-hybridized carbons (Fsp3) is 0.0714. The molecule has 0 saturated heterocycles. The van der Waals surface area contributed by atoms with Crippen molar-refractivity contribution in [3.63, 3.8) is 0 Å². The van der Waals surface area contributed by atoms with Crippen LogP contribution < -0.4 is 5.56 Å². The van der Waals surface area contributed by atoms with Crippen molar-refractivity contribution in [3.05, 3.63) is 61.0 Å². The first-order chi connectivity index (χ1) is 9.99. The zero-order valence-corrected chi connectivity index (χ0v) is 13.2. The summed E-state index contributed by atoms with van der Waals surface area (Å²) in [5, 5.41) is 11.4. The van der Waals surface area contributed by atoms with Gasteiger partial charge in [-0.15, -0.1) is 11.3 Å². The average Bonchev–Trinajstić information content (AvgIpc) is 2.77. The Hall–Kier alpha value is -1.99. The van der Waals surface area contributed by atoms with Gasteiger partial charge in [0.05, 0.1) is 15.2 Å². The Morgan fingerprint density at radius 2 is 2.10 bits per heavy atom. The first-order valence-electron chi connectivity index (χ1n) is 6.04. The highest BCUT2D eigenvalue weighted by Gasteiger charge is 2.17. The molecule has 0 unspecified atom stereocenters. The van der Waals surface area contributed by atoms with E-state index in [1.807, 2.05) is 13.0 Å². The van der Waals surface area contributed by atoms with E-state index in [1.54, 1.807) is 12.3 Å². The summed E-state index contributed by atoms with van der Waals surface area (Å²) in [5.41, 5.74) is 1.59. The number of nitro benzene ring substituents is 1. The van der Waals surface area contributed by atoms with Gasteiger partial charge < -0.3 is 4.98 Å². The van der Waals surface area contributed by atoms with Crippen molar-refractivity contribution in [2.75, 3.05) is 0 Å². The summed E-state index contributed by atoms with van der Waals surface area (Å²) >= 11 is 4.96. The first kappa shape index (κ1) is 14.0. The summed E-state index contributed by atoms with van der Waals surface area (Å²) in [5.74, 6) is 0. The van der Waals surface area contributed by atoms with Crippen LogP contribution in [0.1, 0.15) is 5.56 Å². The summed E-state index contributed by atoms with van der Waals surface area (Å²) in [4.78, 5) is 25.8. The molecule has 0 amide bonds. The monoisotopic (exact) mass is 364 g/mol. The zero-order valence-electron chi connectivity index (χ0n) is 10.8. The molecular weight excluding hydrogens is 356 g/mol. The number of H-pyrrole nitrogens is 1. The molecule has 0 aliphatic carbocycles. The predicted octanol–water partition coefficient (Wildman–Crippen LogP) is 4.24. The smallest absolute Gasteiger partial charge is 0.269 e. The van der Waals surface area contributed by atoms with E-state index in [9.17, 15) is 14.9 Å². The number of aromatic nitrogens is 1. The van der Waals surface area contributed by atoms with Crippen molar-refractivity contribution >= 4 is 43.0 Å². The van der Waals surface area contributed by atoms with Crippen molar-refractivity contribution in [1.82, 2.24) is 4.98 Å². The van der Waals surface area contributed by atoms with Gasteiger partial charge in [0, 0.05) is 27.5 Å². The second kappa shape index (κ2) is 5.09. The molecule has 0 spiro atoms. The zero-order chi connectivity index (χ0) is 15.1. The lowest BCUT2D eigenvalue weighted by Gasteiger charge is -2.03. The number of nitro groups is 1. The third-order valence-corrected chi connectivity index (χ3v) is 5.46. The Kier molecular flexibility index (Phi) is 3.38. The van der Waals surface area contributed by atoms with Crippen molar-refractivity contribution in [1.29, 1.82) is 0 Å². The third-order valence-electron chi connectivity index (χ3n) is 3.22. The Morgan fingerprint density at radius 1 is 1.33 bits per heavy atom. The highest BCUT2D eigenvalue weighted by molar-refractivity contribution is 9.10. The number of thiophene rings is 1. The van der Waals surface area contributed by atoms with Gasteiger partial charge in [0.15, 0.2) is 0 Å². The highest BCUT2D eigenvalue weighted by atomic mass is 79.9. The average molecular weight is 365 g/mol. The van der Waals surface area contributed by atoms with Crippen molar-refractivity contribution in [2.45, 2.75) is 6.92 Å². The van der Waals surface area contributed by atoms with Crippen molar-refractivity contribution in [3.8, 4) is 10.4 Å². The van der Waals surface area contributed by atoms with Crippen molar-refractivity contribution in [2.24, 2.45) is 0 Å². The van der Waals surface area contributed by atoms with E-state index >= 15 is 0 Å². The first-order valence-corrected chi connectivity index (χ1v) is 7.65. The maximum atomic E-state index is 11.9. The largest absolute Gasteiger partial charge is 0.328 e. The van der Waals surface area contributed by atoms with E-state index in [0.29, 0.717) is 5.39 Å². The van der Waals surface area contributed by atoms with Crippen LogP contribution in [-0.4, -0.2) is 9.91 Å². The van der Waals surface area contributed by atoms with Gasteiger partial charge in [0.25, 0.3) is 11.2 Å². The summed E-state index contributed by atoms with van der Waals surface area (Å²) in [7, 11) is 0. The minimum Gasteiger partial charge on any atom is -0.328 e. The van der Waals surface area contributed by atoms with Gasteiger partial charge in [0.1, 0.15) is 0 Å². The molecule has 0 radical (unpaired) electrons. The van der Waals surface area contributed by atoms with Crippen molar-refractivity contribution < 1.29 is 4.92 Å². The Labute approximate surface area is 131 Å². The van der Waals surface area contributed by atoms with E-state index in [-0.39, 0.29) is 11.2 Å². The van der Waals surface area contributed by atoms with Gasteiger partial charge >= 0.3 is 0 Å². The SMILES string of the molecule is Cc1cc([N+](=O)[O-])ccc1-c1sc2cc[nH]c(=O)c2c1Br. The molecule has 5 nitrogen and oxygen atoms in total. The van der Waals surface area contributed by atoms with Crippen LogP contribution in [-0.2, 0) is 0 Å². The van der Waals surface area contributed by atoms with Crippen LogP contribution in [0.4, 0.5) is 5.69 Å². The van der Waals surface area contributed by atoms with Gasteiger partial charge in [0.2, 0.25) is 0 Å². The fourth-order valence-corrected chi connectivity index (χ4v) is 4.38. The molecule has 0 saturated carbocycles. The molecule has 0 fully saturated rings. The lowest BCUT2D eigenvalue weighted by atomic mass is 10.1. The van der Waals surface area contributed by atoms with E-state index in [4.69, 9.17) is 0 Å². The van der Waals surface area contributed by atoms with Crippen LogP contribution in [0.3, 0.4) is 0 Å². The van der Waals surface area contributed by atoms with E-state index < -0.39 is 4.92 Å². The summed E-state index contributed by atoms with van der Waals surface area (Å²) in [6.45, 7) is 1.82. The molecule has 3 aromatic rings. The number of hydrogen-bond acceptors (Lipinski definition) is 4. The van der Waals surface area contributed by atoms with Crippen LogP contribution in [0.5, 0.6) is 0 Å². The Balaban J connectivity index is 2.26. The molecule has 21 heavy (non-hydrogen) atoms. The molecule has 1 N–H and O–H groups in total. The topological polar surface area (TPSA) is 76.0 Å². The number of pyridine rings is 1. The molecule has 1 aromatic carbocycles. The molecule has 0 aliphatic rings. The maximum Gasteiger partial charge on any atom is 0.269 e. The number of benzene rings is 1. The second-order valence-corrected chi connectivity index (χ2v) is 6.39. The number of rotatable bonds is 2. The minimum atomic E-state index is -0.415. The molecule has 3 rings (SSSR count). The molecule has 0 atom stereocenters. The summed E-state index contributed by atoms with van der Waals surface area (Å²) in [6.07, 6.45) is 1.61. The summed E-state index contributed by atoms with van der Waals surface area (Å²) in [6, 6.07) is 6.58. The summed E-state index contributed by atoms with van der Waals surface area (Å²) < 4.78 is 1.60. The van der Waals surface area contributed by atoms with Gasteiger partial charge in [-0.1, -0.05) is 0 Å². The van der Waals surface area contributed by atoms with E-state index in [2.05, 4.69) is 20.9 Å². The third kappa shape index (κ3) is 2.28. The normalized spacial score (nSPS) is 11.0. The number of fused-ring (bicyclic) bond motifs is 1. The number of aromatic amines is 1. The number of aryl methyl sites for hydroxylation is 1. The quantitative estimate of drug-likeness (QED) is 0.545. The molecular formula is C14H9BrN2O3S. The van der Waals surface area contributed by atoms with Gasteiger partial charge in [-0.25, -0.2) is 0 Å². The van der Waals surface area contributed by atoms with Gasteiger partial charge in [-0.2, -0.15) is 0 Å². The number of hydrogen-bond donors (Lipinski definition) is 1. The van der Waals surface area contributed by atoms with Gasteiger partial charge in [-0.3, -0.25) is 14.9 Å². The number of nitrogens with one attached hydrogen (secondary N) is 1. The van der Waals surface area contributed by atoms with Crippen LogP contribution >= 0.6 is 27.3 Å². The molecule has 0 bridgehead atoms. The fourth-order valence-electron chi connectivity index (χ4n) is 2.21. The van der Waals surface area contributed by atoms with E-state index in [1.165, 1.54) is 23.5 Å². The van der Waals surface area contributed by atoms with Crippen LogP contribution in [0.15, 0.2) is 39.7 Å².